The molecule has 1 rings (SSSR count). The second-order valence-corrected chi connectivity index (χ2v) is 4.68. The van der Waals surface area contributed by atoms with E-state index in [1.807, 2.05) is 0 Å². The van der Waals surface area contributed by atoms with Crippen molar-refractivity contribution < 1.29 is 14.4 Å². The van der Waals surface area contributed by atoms with Gasteiger partial charge in [0.2, 0.25) is 5.91 Å². The van der Waals surface area contributed by atoms with Crippen molar-refractivity contribution in [3.05, 3.63) is 12.2 Å². The van der Waals surface area contributed by atoms with E-state index < -0.39 is 17.5 Å². The molecule has 6 heteroatoms. The summed E-state index contributed by atoms with van der Waals surface area (Å²) >= 11 is 0. The standard InChI is InChI=1S/C11H17N3O3/c1-7(2)5-12-8(15)6-14-9(16)11(3,4)13-10(14)17/h1,5-6H2,2-4H3,(H,12,15)(H,13,17). The number of imide groups is 1. The minimum absolute atomic E-state index is 0.263. The predicted octanol–water partition coefficient (Wildman–Crippen LogP) is 0.00910. The number of carbonyl (C=O) groups excluding carboxylic acids is 3. The van der Waals surface area contributed by atoms with Gasteiger partial charge in [-0.25, -0.2) is 4.79 Å². The van der Waals surface area contributed by atoms with Crippen molar-refractivity contribution in [2.24, 2.45) is 0 Å². The highest BCUT2D eigenvalue weighted by molar-refractivity contribution is 6.08. The van der Waals surface area contributed by atoms with Crippen LogP contribution in [-0.2, 0) is 9.59 Å². The monoisotopic (exact) mass is 239 g/mol. The van der Waals surface area contributed by atoms with Crippen LogP contribution in [0.5, 0.6) is 0 Å². The Balaban J connectivity index is 2.58. The first-order valence-corrected chi connectivity index (χ1v) is 5.29. The summed E-state index contributed by atoms with van der Waals surface area (Å²) in [6.45, 7) is 8.68. The largest absolute Gasteiger partial charge is 0.351 e. The average molecular weight is 239 g/mol. The van der Waals surface area contributed by atoms with Crippen molar-refractivity contribution in [2.45, 2.75) is 26.3 Å². The molecule has 1 heterocycles. The Hall–Kier alpha value is -1.85. The Morgan fingerprint density at radius 3 is 2.47 bits per heavy atom. The van der Waals surface area contributed by atoms with Gasteiger partial charge in [0, 0.05) is 6.54 Å². The van der Waals surface area contributed by atoms with Gasteiger partial charge in [0.25, 0.3) is 5.91 Å². The maximum absolute atomic E-state index is 11.8. The zero-order chi connectivity index (χ0) is 13.2. The maximum atomic E-state index is 11.8. The Morgan fingerprint density at radius 2 is 2.06 bits per heavy atom. The quantitative estimate of drug-likeness (QED) is 0.536. The second-order valence-electron chi connectivity index (χ2n) is 4.68. The Morgan fingerprint density at radius 1 is 1.47 bits per heavy atom. The number of nitrogens with one attached hydrogen (secondary N) is 2. The molecule has 4 amide bonds. The van der Waals surface area contributed by atoms with Crippen molar-refractivity contribution in [1.82, 2.24) is 15.5 Å². The first-order valence-electron chi connectivity index (χ1n) is 5.29. The molecule has 6 nitrogen and oxygen atoms in total. The highest BCUT2D eigenvalue weighted by Crippen LogP contribution is 2.15. The molecule has 0 aromatic rings. The van der Waals surface area contributed by atoms with E-state index >= 15 is 0 Å². The molecule has 17 heavy (non-hydrogen) atoms. The van der Waals surface area contributed by atoms with Crippen LogP contribution in [0.3, 0.4) is 0 Å². The molecular formula is C11H17N3O3. The van der Waals surface area contributed by atoms with Gasteiger partial charge >= 0.3 is 6.03 Å². The lowest BCUT2D eigenvalue weighted by Crippen LogP contribution is -2.43. The van der Waals surface area contributed by atoms with Gasteiger partial charge in [-0.1, -0.05) is 12.2 Å². The van der Waals surface area contributed by atoms with E-state index in [9.17, 15) is 14.4 Å². The van der Waals surface area contributed by atoms with Gasteiger partial charge < -0.3 is 10.6 Å². The zero-order valence-electron chi connectivity index (χ0n) is 10.3. The number of carbonyl (C=O) groups is 3. The summed E-state index contributed by atoms with van der Waals surface area (Å²) in [7, 11) is 0. The van der Waals surface area contributed by atoms with Crippen LogP contribution in [0.1, 0.15) is 20.8 Å². The van der Waals surface area contributed by atoms with Crippen LogP contribution in [0.25, 0.3) is 0 Å². The SMILES string of the molecule is C=C(C)CNC(=O)CN1C(=O)NC(C)(C)C1=O. The second kappa shape index (κ2) is 4.57. The molecule has 2 N–H and O–H groups in total. The van der Waals surface area contributed by atoms with Gasteiger partial charge in [-0.3, -0.25) is 14.5 Å². The summed E-state index contributed by atoms with van der Waals surface area (Å²) in [5, 5.41) is 5.07. The Kier molecular flexibility index (Phi) is 3.55. The minimum atomic E-state index is -0.939. The lowest BCUT2D eigenvalue weighted by molar-refractivity contribution is -0.134. The van der Waals surface area contributed by atoms with Gasteiger partial charge in [0.1, 0.15) is 12.1 Å². The fourth-order valence-electron chi connectivity index (χ4n) is 1.41. The average Bonchev–Trinajstić information content (AvgIpc) is 2.38. The third kappa shape index (κ3) is 3.05. The number of hydrogen-bond donors (Lipinski definition) is 2. The van der Waals surface area contributed by atoms with Crippen LogP contribution in [0.15, 0.2) is 12.2 Å². The smallest absolute Gasteiger partial charge is 0.325 e. The fraction of sp³-hybridized carbons (Fsp3) is 0.545. The molecule has 0 aromatic carbocycles. The predicted molar refractivity (Wildman–Crippen MR) is 62.1 cm³/mol. The molecular weight excluding hydrogens is 222 g/mol. The highest BCUT2D eigenvalue weighted by atomic mass is 16.2. The van der Waals surface area contributed by atoms with Gasteiger partial charge in [0.05, 0.1) is 0 Å². The van der Waals surface area contributed by atoms with E-state index in [0.29, 0.717) is 6.54 Å². The molecule has 1 aliphatic rings. The number of nitrogens with zero attached hydrogens (tertiary/aromatic N) is 1. The van der Waals surface area contributed by atoms with Crippen molar-refractivity contribution in [2.75, 3.05) is 13.1 Å². The van der Waals surface area contributed by atoms with E-state index in [2.05, 4.69) is 17.2 Å². The Bertz CT molecular complexity index is 387. The van der Waals surface area contributed by atoms with Gasteiger partial charge in [-0.05, 0) is 20.8 Å². The van der Waals surface area contributed by atoms with Crippen molar-refractivity contribution in [3.8, 4) is 0 Å². The Labute approximate surface area is 100 Å². The first kappa shape index (κ1) is 13.2. The van der Waals surface area contributed by atoms with E-state index in [1.54, 1.807) is 20.8 Å². The van der Waals surface area contributed by atoms with Crippen LogP contribution in [-0.4, -0.2) is 41.4 Å². The number of rotatable bonds is 4. The van der Waals surface area contributed by atoms with Crippen LogP contribution in [0, 0.1) is 0 Å². The molecule has 0 radical (unpaired) electrons. The minimum Gasteiger partial charge on any atom is -0.351 e. The first-order chi connectivity index (χ1) is 7.74. The third-order valence-electron chi connectivity index (χ3n) is 2.33. The highest BCUT2D eigenvalue weighted by Gasteiger charge is 2.44. The van der Waals surface area contributed by atoms with Crippen molar-refractivity contribution in [1.29, 1.82) is 0 Å². The van der Waals surface area contributed by atoms with E-state index in [4.69, 9.17) is 0 Å². The number of amides is 4. The lowest BCUT2D eigenvalue weighted by atomic mass is 10.1. The van der Waals surface area contributed by atoms with Crippen LogP contribution in [0.2, 0.25) is 0 Å². The van der Waals surface area contributed by atoms with E-state index in [1.165, 1.54) is 0 Å². The van der Waals surface area contributed by atoms with Crippen LogP contribution >= 0.6 is 0 Å². The van der Waals surface area contributed by atoms with Crippen LogP contribution in [0.4, 0.5) is 4.79 Å². The normalized spacial score (nSPS) is 17.9. The van der Waals surface area contributed by atoms with E-state index in [-0.39, 0.29) is 12.5 Å². The molecule has 0 aromatic heterocycles. The molecule has 1 aliphatic heterocycles. The van der Waals surface area contributed by atoms with Gasteiger partial charge in [-0.2, -0.15) is 0 Å². The maximum Gasteiger partial charge on any atom is 0.325 e. The fourth-order valence-corrected chi connectivity index (χ4v) is 1.41. The molecule has 0 aliphatic carbocycles. The summed E-state index contributed by atoms with van der Waals surface area (Å²) in [5.74, 6) is -0.776. The summed E-state index contributed by atoms with van der Waals surface area (Å²) < 4.78 is 0. The van der Waals surface area contributed by atoms with Crippen molar-refractivity contribution >= 4 is 17.8 Å². The topological polar surface area (TPSA) is 78.5 Å². The van der Waals surface area contributed by atoms with Crippen LogP contribution < -0.4 is 10.6 Å². The molecule has 0 atom stereocenters. The van der Waals surface area contributed by atoms with Gasteiger partial charge in [0.15, 0.2) is 0 Å². The number of urea groups is 1. The number of hydrogen-bond acceptors (Lipinski definition) is 3. The molecule has 94 valence electrons. The molecule has 0 saturated carbocycles. The summed E-state index contributed by atoms with van der Waals surface area (Å²) in [5.41, 5.74) is -0.137. The molecule has 0 unspecified atom stereocenters. The molecule has 1 saturated heterocycles. The zero-order valence-corrected chi connectivity index (χ0v) is 10.3. The summed E-state index contributed by atoms with van der Waals surface area (Å²) in [4.78, 5) is 35.6. The summed E-state index contributed by atoms with van der Waals surface area (Å²) in [6.07, 6.45) is 0. The summed E-state index contributed by atoms with van der Waals surface area (Å²) in [6, 6.07) is -0.537. The lowest BCUT2D eigenvalue weighted by Gasteiger charge is -2.15. The van der Waals surface area contributed by atoms with E-state index in [0.717, 1.165) is 10.5 Å². The molecule has 0 bridgehead atoms. The van der Waals surface area contributed by atoms with Crippen molar-refractivity contribution in [3.63, 3.8) is 0 Å². The van der Waals surface area contributed by atoms with Gasteiger partial charge in [-0.15, -0.1) is 0 Å². The molecule has 1 fully saturated rings. The molecule has 0 spiro atoms. The third-order valence-corrected chi connectivity index (χ3v) is 2.33.